The van der Waals surface area contributed by atoms with E-state index < -0.39 is 28.2 Å². The maximum absolute atomic E-state index is 12.9. The molecule has 0 spiro atoms. The molecule has 38 heavy (non-hydrogen) atoms. The molecule has 11 heteroatoms. The van der Waals surface area contributed by atoms with Gasteiger partial charge >= 0.3 is 12.1 Å². The first kappa shape index (κ1) is 26.4. The number of rotatable bonds is 9. The molecule has 4 aromatic rings. The zero-order chi connectivity index (χ0) is 27.0. The SMILES string of the molecule is COC(=O)Nc1ccc(-n2ccnc2[C@H](Cc2ccccc2)NC(=O)NS(=O)(=O)Cc2ccccc2)cc1. The van der Waals surface area contributed by atoms with Crippen LogP contribution in [0.2, 0.25) is 0 Å². The fourth-order valence-electron chi connectivity index (χ4n) is 3.88. The lowest BCUT2D eigenvalue weighted by Gasteiger charge is -2.21. The van der Waals surface area contributed by atoms with E-state index in [-0.39, 0.29) is 5.75 Å². The average molecular weight is 534 g/mol. The van der Waals surface area contributed by atoms with Gasteiger partial charge in [-0.1, -0.05) is 60.7 Å². The second-order valence-electron chi connectivity index (χ2n) is 8.38. The molecule has 196 valence electrons. The number of hydrogen-bond donors (Lipinski definition) is 3. The van der Waals surface area contributed by atoms with Crippen LogP contribution in [-0.2, 0) is 26.9 Å². The Morgan fingerprint density at radius 1 is 0.921 bits per heavy atom. The molecule has 0 aliphatic heterocycles. The fraction of sp³-hybridized carbons (Fsp3) is 0.148. The van der Waals surface area contributed by atoms with Crippen LogP contribution in [0.25, 0.3) is 5.69 Å². The van der Waals surface area contributed by atoms with Gasteiger partial charge in [0.2, 0.25) is 10.0 Å². The highest BCUT2D eigenvalue weighted by molar-refractivity contribution is 7.89. The normalized spacial score (nSPS) is 11.8. The van der Waals surface area contributed by atoms with E-state index in [0.29, 0.717) is 23.5 Å². The van der Waals surface area contributed by atoms with Crippen molar-refractivity contribution in [2.45, 2.75) is 18.2 Å². The van der Waals surface area contributed by atoms with Crippen molar-refractivity contribution in [3.63, 3.8) is 0 Å². The molecule has 1 heterocycles. The first-order valence-corrected chi connectivity index (χ1v) is 13.4. The van der Waals surface area contributed by atoms with Crippen molar-refractivity contribution < 1.29 is 22.7 Å². The van der Waals surface area contributed by atoms with Crippen LogP contribution in [-0.4, -0.2) is 37.2 Å². The summed E-state index contributed by atoms with van der Waals surface area (Å²) < 4.78 is 33.8. The van der Waals surface area contributed by atoms with Gasteiger partial charge in [0.1, 0.15) is 5.82 Å². The summed E-state index contributed by atoms with van der Waals surface area (Å²) in [6.45, 7) is 0. The van der Waals surface area contributed by atoms with E-state index in [9.17, 15) is 18.0 Å². The molecule has 0 aliphatic carbocycles. The minimum absolute atomic E-state index is 0.328. The topological polar surface area (TPSA) is 131 Å². The number of imidazole rings is 1. The van der Waals surface area contributed by atoms with E-state index in [4.69, 9.17) is 0 Å². The zero-order valence-corrected chi connectivity index (χ0v) is 21.4. The average Bonchev–Trinajstić information content (AvgIpc) is 3.39. The number of amides is 3. The number of sulfonamides is 1. The van der Waals surface area contributed by atoms with E-state index in [0.717, 1.165) is 11.3 Å². The lowest BCUT2D eigenvalue weighted by atomic mass is 10.1. The van der Waals surface area contributed by atoms with Gasteiger partial charge in [-0.25, -0.2) is 27.7 Å². The molecule has 0 saturated carbocycles. The smallest absolute Gasteiger partial charge is 0.411 e. The van der Waals surface area contributed by atoms with Gasteiger partial charge in [0.25, 0.3) is 0 Å². The van der Waals surface area contributed by atoms with Crippen LogP contribution < -0.4 is 15.4 Å². The molecule has 0 radical (unpaired) electrons. The molecular weight excluding hydrogens is 506 g/mol. The van der Waals surface area contributed by atoms with Gasteiger partial charge in [-0.15, -0.1) is 0 Å². The Balaban J connectivity index is 1.56. The third-order valence-electron chi connectivity index (χ3n) is 5.59. The Labute approximate surface area is 220 Å². The highest BCUT2D eigenvalue weighted by atomic mass is 32.2. The van der Waals surface area contributed by atoms with Gasteiger partial charge in [0.15, 0.2) is 0 Å². The molecule has 1 aromatic heterocycles. The molecular formula is C27H27N5O5S. The molecule has 0 bridgehead atoms. The monoisotopic (exact) mass is 533 g/mol. The first-order valence-electron chi connectivity index (χ1n) is 11.7. The molecule has 1 atom stereocenters. The van der Waals surface area contributed by atoms with Crippen molar-refractivity contribution >= 4 is 27.8 Å². The quantitative estimate of drug-likeness (QED) is 0.296. The Bertz CT molecular complexity index is 1470. The predicted octanol–water partition coefficient (Wildman–Crippen LogP) is 4.16. The maximum atomic E-state index is 12.9. The molecule has 3 N–H and O–H groups in total. The largest absolute Gasteiger partial charge is 0.453 e. The molecule has 0 aliphatic rings. The Kier molecular flexibility index (Phi) is 8.39. The van der Waals surface area contributed by atoms with Crippen molar-refractivity contribution in [3.8, 4) is 5.69 Å². The van der Waals surface area contributed by atoms with Gasteiger partial charge in [-0.2, -0.15) is 0 Å². The Hall–Kier alpha value is -4.64. The lowest BCUT2D eigenvalue weighted by molar-refractivity contribution is 0.187. The Morgan fingerprint density at radius 2 is 1.55 bits per heavy atom. The summed E-state index contributed by atoms with van der Waals surface area (Å²) in [6, 6.07) is 23.6. The summed E-state index contributed by atoms with van der Waals surface area (Å²) in [4.78, 5) is 28.8. The van der Waals surface area contributed by atoms with E-state index >= 15 is 0 Å². The van der Waals surface area contributed by atoms with E-state index in [1.807, 2.05) is 30.3 Å². The molecule has 10 nitrogen and oxygen atoms in total. The number of urea groups is 1. The molecule has 0 saturated heterocycles. The number of benzene rings is 3. The number of hydrogen-bond acceptors (Lipinski definition) is 6. The van der Waals surface area contributed by atoms with Crippen LogP contribution in [0.5, 0.6) is 0 Å². The number of carbonyl (C=O) groups excluding carboxylic acids is 2. The van der Waals surface area contributed by atoms with Gasteiger partial charge in [0, 0.05) is 23.8 Å². The van der Waals surface area contributed by atoms with Crippen molar-refractivity contribution in [3.05, 3.63) is 114 Å². The van der Waals surface area contributed by atoms with E-state index in [1.165, 1.54) is 7.11 Å². The number of aromatic nitrogens is 2. The van der Waals surface area contributed by atoms with Crippen LogP contribution >= 0.6 is 0 Å². The van der Waals surface area contributed by atoms with Gasteiger partial charge in [-0.05, 0) is 41.8 Å². The summed E-state index contributed by atoms with van der Waals surface area (Å²) in [5, 5.41) is 5.37. The third-order valence-corrected chi connectivity index (χ3v) is 6.80. The Morgan fingerprint density at radius 3 is 2.18 bits per heavy atom. The van der Waals surface area contributed by atoms with Gasteiger partial charge in [0.05, 0.1) is 18.9 Å². The molecule has 3 amide bonds. The summed E-state index contributed by atoms with van der Waals surface area (Å²) >= 11 is 0. The highest BCUT2D eigenvalue weighted by Crippen LogP contribution is 2.22. The lowest BCUT2D eigenvalue weighted by Crippen LogP contribution is -2.42. The first-order chi connectivity index (χ1) is 18.3. The standard InChI is InChI=1S/C27H27N5O5S/c1-37-27(34)29-22-12-14-23(15-13-22)32-17-16-28-25(32)24(18-20-8-4-2-5-9-20)30-26(33)31-38(35,36)19-21-10-6-3-7-11-21/h2-17,24H,18-19H2,1H3,(H,29,34)(H2,30,31,33)/t24-/m0/s1. The summed E-state index contributed by atoms with van der Waals surface area (Å²) in [7, 11) is -2.65. The second kappa shape index (κ2) is 12.1. The van der Waals surface area contributed by atoms with Crippen molar-refractivity contribution in [2.75, 3.05) is 12.4 Å². The van der Waals surface area contributed by atoms with Crippen LogP contribution in [0.3, 0.4) is 0 Å². The number of nitrogens with one attached hydrogen (secondary N) is 3. The van der Waals surface area contributed by atoms with Crippen molar-refractivity contribution in [2.24, 2.45) is 0 Å². The number of carbonyl (C=O) groups is 2. The van der Waals surface area contributed by atoms with Crippen molar-refractivity contribution in [1.29, 1.82) is 0 Å². The van der Waals surface area contributed by atoms with E-state index in [1.54, 1.807) is 71.6 Å². The van der Waals surface area contributed by atoms with Crippen LogP contribution in [0.4, 0.5) is 15.3 Å². The maximum Gasteiger partial charge on any atom is 0.411 e. The molecule has 0 fully saturated rings. The predicted molar refractivity (Wildman–Crippen MR) is 143 cm³/mol. The summed E-state index contributed by atoms with van der Waals surface area (Å²) in [6.07, 6.45) is 3.12. The molecule has 0 unspecified atom stereocenters. The minimum atomic E-state index is -3.93. The second-order valence-corrected chi connectivity index (χ2v) is 10.1. The summed E-state index contributed by atoms with van der Waals surface area (Å²) in [5.74, 6) is 0.170. The van der Waals surface area contributed by atoms with E-state index in [2.05, 4.69) is 25.1 Å². The third kappa shape index (κ3) is 7.20. The van der Waals surface area contributed by atoms with Crippen LogP contribution in [0.15, 0.2) is 97.3 Å². The van der Waals surface area contributed by atoms with Crippen molar-refractivity contribution in [1.82, 2.24) is 19.6 Å². The zero-order valence-electron chi connectivity index (χ0n) is 20.6. The molecule has 3 aromatic carbocycles. The number of nitrogens with zero attached hydrogens (tertiary/aromatic N) is 2. The van der Waals surface area contributed by atoms with Crippen LogP contribution in [0.1, 0.15) is 23.0 Å². The van der Waals surface area contributed by atoms with Gasteiger partial charge < -0.3 is 14.6 Å². The number of methoxy groups -OCH3 is 1. The number of anilines is 1. The minimum Gasteiger partial charge on any atom is -0.453 e. The number of ether oxygens (including phenoxy) is 1. The highest BCUT2D eigenvalue weighted by Gasteiger charge is 2.23. The van der Waals surface area contributed by atoms with Gasteiger partial charge in [-0.3, -0.25) is 5.32 Å². The summed E-state index contributed by atoms with van der Waals surface area (Å²) in [5.41, 5.74) is 2.76. The van der Waals surface area contributed by atoms with Crippen LogP contribution in [0, 0.1) is 0 Å². The molecule has 4 rings (SSSR count). The fourth-order valence-corrected chi connectivity index (χ4v) is 4.93.